The molecule has 0 spiro atoms. The van der Waals surface area contributed by atoms with Gasteiger partial charge in [0.25, 0.3) is 0 Å². The predicted molar refractivity (Wildman–Crippen MR) is 102 cm³/mol. The van der Waals surface area contributed by atoms with E-state index in [-0.39, 0.29) is 5.75 Å². The number of benzene rings is 2. The van der Waals surface area contributed by atoms with Crippen LogP contribution in [-0.4, -0.2) is 34.2 Å². The van der Waals surface area contributed by atoms with Crippen LogP contribution in [0.5, 0.6) is 0 Å². The van der Waals surface area contributed by atoms with Crippen molar-refractivity contribution in [2.45, 2.75) is 18.7 Å². The highest BCUT2D eigenvalue weighted by Gasteiger charge is 2.19. The molecule has 2 aromatic carbocycles. The summed E-state index contributed by atoms with van der Waals surface area (Å²) in [5.41, 5.74) is 2.18. The van der Waals surface area contributed by atoms with Crippen molar-refractivity contribution >= 4 is 33.0 Å². The first kappa shape index (κ1) is 18.0. The Bertz CT molecular complexity index is 824. The van der Waals surface area contributed by atoms with Crippen LogP contribution >= 0.6 is 11.6 Å². The minimum atomic E-state index is -3.53. The standard InChI is InChI=1S/C18H21ClN2O3S/c1-14-12-24-11-10-21(14)17-8-6-16(7-9-17)20-25(22,23)13-15-4-2-3-5-18(15)19/h2-9,14,20H,10-13H2,1H3. The van der Waals surface area contributed by atoms with E-state index < -0.39 is 10.0 Å². The normalized spacial score (nSPS) is 18.2. The van der Waals surface area contributed by atoms with Crippen LogP contribution in [0.15, 0.2) is 48.5 Å². The number of ether oxygens (including phenoxy) is 1. The second kappa shape index (κ2) is 7.64. The molecule has 1 atom stereocenters. The summed E-state index contributed by atoms with van der Waals surface area (Å²) in [5, 5.41) is 0.449. The Labute approximate surface area is 153 Å². The summed E-state index contributed by atoms with van der Waals surface area (Å²) < 4.78 is 32.8. The van der Waals surface area contributed by atoms with Crippen molar-refractivity contribution in [3.63, 3.8) is 0 Å². The average molecular weight is 381 g/mol. The number of nitrogens with zero attached hydrogens (tertiary/aromatic N) is 1. The molecule has 0 radical (unpaired) electrons. The lowest BCUT2D eigenvalue weighted by Gasteiger charge is -2.35. The maximum atomic E-state index is 12.4. The molecule has 134 valence electrons. The van der Waals surface area contributed by atoms with E-state index in [0.29, 0.717) is 35.5 Å². The largest absolute Gasteiger partial charge is 0.377 e. The topological polar surface area (TPSA) is 58.6 Å². The molecule has 0 bridgehead atoms. The number of nitrogens with one attached hydrogen (secondary N) is 1. The molecule has 0 saturated carbocycles. The minimum Gasteiger partial charge on any atom is -0.377 e. The Morgan fingerprint density at radius 3 is 2.60 bits per heavy atom. The van der Waals surface area contributed by atoms with Gasteiger partial charge >= 0.3 is 0 Å². The van der Waals surface area contributed by atoms with Crippen molar-refractivity contribution in [3.05, 3.63) is 59.1 Å². The van der Waals surface area contributed by atoms with Gasteiger partial charge in [-0.2, -0.15) is 0 Å². The summed E-state index contributed by atoms with van der Waals surface area (Å²) in [6.07, 6.45) is 0. The Kier molecular flexibility index (Phi) is 5.51. The molecule has 2 aromatic rings. The monoisotopic (exact) mass is 380 g/mol. The van der Waals surface area contributed by atoms with E-state index in [2.05, 4.69) is 16.5 Å². The maximum absolute atomic E-state index is 12.4. The van der Waals surface area contributed by atoms with E-state index >= 15 is 0 Å². The van der Waals surface area contributed by atoms with E-state index in [4.69, 9.17) is 16.3 Å². The lowest BCUT2D eigenvalue weighted by atomic mass is 10.2. The zero-order valence-electron chi connectivity index (χ0n) is 14.0. The van der Waals surface area contributed by atoms with Crippen molar-refractivity contribution in [1.82, 2.24) is 0 Å². The molecular weight excluding hydrogens is 360 g/mol. The van der Waals surface area contributed by atoms with Crippen molar-refractivity contribution in [2.75, 3.05) is 29.4 Å². The van der Waals surface area contributed by atoms with Crippen LogP contribution in [-0.2, 0) is 20.5 Å². The zero-order chi connectivity index (χ0) is 17.9. The molecule has 1 N–H and O–H groups in total. The lowest BCUT2D eigenvalue weighted by Crippen LogP contribution is -2.43. The smallest absolute Gasteiger partial charge is 0.236 e. The first-order valence-corrected chi connectivity index (χ1v) is 10.2. The van der Waals surface area contributed by atoms with Crippen LogP contribution in [0.3, 0.4) is 0 Å². The number of hydrogen-bond acceptors (Lipinski definition) is 4. The van der Waals surface area contributed by atoms with E-state index in [1.54, 1.807) is 36.4 Å². The molecule has 7 heteroatoms. The Morgan fingerprint density at radius 2 is 1.92 bits per heavy atom. The summed E-state index contributed by atoms with van der Waals surface area (Å²) >= 11 is 6.05. The molecule has 1 saturated heterocycles. The van der Waals surface area contributed by atoms with Crippen LogP contribution in [0.1, 0.15) is 12.5 Å². The molecule has 0 aliphatic carbocycles. The number of hydrogen-bond donors (Lipinski definition) is 1. The fraction of sp³-hybridized carbons (Fsp3) is 0.333. The van der Waals surface area contributed by atoms with E-state index in [9.17, 15) is 8.42 Å². The highest BCUT2D eigenvalue weighted by molar-refractivity contribution is 7.91. The molecule has 3 rings (SSSR count). The predicted octanol–water partition coefficient (Wildman–Crippen LogP) is 3.51. The second-order valence-corrected chi connectivity index (χ2v) is 8.25. The molecule has 5 nitrogen and oxygen atoms in total. The first-order chi connectivity index (χ1) is 11.9. The van der Waals surface area contributed by atoms with Crippen molar-refractivity contribution in [1.29, 1.82) is 0 Å². The van der Waals surface area contributed by atoms with Crippen molar-refractivity contribution < 1.29 is 13.2 Å². The highest BCUT2D eigenvalue weighted by atomic mass is 35.5. The van der Waals surface area contributed by atoms with Gasteiger partial charge in [-0.3, -0.25) is 4.72 Å². The maximum Gasteiger partial charge on any atom is 0.236 e. The highest BCUT2D eigenvalue weighted by Crippen LogP contribution is 2.23. The van der Waals surface area contributed by atoms with Crippen molar-refractivity contribution in [2.24, 2.45) is 0 Å². The zero-order valence-corrected chi connectivity index (χ0v) is 15.6. The van der Waals surface area contributed by atoms with Gasteiger partial charge in [-0.1, -0.05) is 29.8 Å². The molecule has 25 heavy (non-hydrogen) atoms. The van der Waals surface area contributed by atoms with Gasteiger partial charge in [0.05, 0.1) is 19.0 Å². The molecular formula is C18H21ClN2O3S. The summed E-state index contributed by atoms with van der Waals surface area (Å²) in [6, 6.07) is 14.7. The van der Waals surface area contributed by atoms with Gasteiger partial charge in [-0.25, -0.2) is 8.42 Å². The molecule has 1 fully saturated rings. The van der Waals surface area contributed by atoms with Gasteiger partial charge in [-0.15, -0.1) is 0 Å². The fourth-order valence-corrected chi connectivity index (χ4v) is 4.38. The number of anilines is 2. The summed E-state index contributed by atoms with van der Waals surface area (Å²) in [4.78, 5) is 2.26. The SMILES string of the molecule is CC1COCCN1c1ccc(NS(=O)(=O)Cc2ccccc2Cl)cc1. The van der Waals surface area contributed by atoms with Crippen LogP contribution < -0.4 is 9.62 Å². The minimum absolute atomic E-state index is 0.158. The summed E-state index contributed by atoms with van der Waals surface area (Å²) in [7, 11) is -3.53. The third-order valence-electron chi connectivity index (χ3n) is 4.14. The number of halogens is 1. The van der Waals surface area contributed by atoms with Crippen LogP contribution in [0.2, 0.25) is 5.02 Å². The quantitative estimate of drug-likeness (QED) is 0.862. The van der Waals surface area contributed by atoms with E-state index in [0.717, 1.165) is 12.2 Å². The number of rotatable bonds is 5. The van der Waals surface area contributed by atoms with Gasteiger partial charge in [0.15, 0.2) is 0 Å². The lowest BCUT2D eigenvalue weighted by molar-refractivity contribution is 0.0989. The van der Waals surface area contributed by atoms with Gasteiger partial charge in [0.1, 0.15) is 0 Å². The molecule has 0 amide bonds. The Balaban J connectivity index is 1.69. The number of sulfonamides is 1. The Morgan fingerprint density at radius 1 is 1.20 bits per heavy atom. The molecule has 1 aliphatic heterocycles. The van der Waals surface area contributed by atoms with Crippen LogP contribution in [0.4, 0.5) is 11.4 Å². The summed E-state index contributed by atoms with van der Waals surface area (Å²) in [6.45, 7) is 4.35. The Hall–Kier alpha value is -1.76. The van der Waals surface area contributed by atoms with Gasteiger partial charge in [0.2, 0.25) is 10.0 Å². The van der Waals surface area contributed by atoms with Crippen LogP contribution in [0.25, 0.3) is 0 Å². The number of morpholine rings is 1. The fourth-order valence-electron chi connectivity index (χ4n) is 2.87. The molecule has 1 aliphatic rings. The average Bonchev–Trinajstić information content (AvgIpc) is 2.58. The molecule has 1 heterocycles. The first-order valence-electron chi connectivity index (χ1n) is 8.13. The molecule has 1 unspecified atom stereocenters. The van der Waals surface area contributed by atoms with Gasteiger partial charge in [0, 0.05) is 29.0 Å². The third-order valence-corrected chi connectivity index (χ3v) is 5.75. The molecule has 0 aromatic heterocycles. The van der Waals surface area contributed by atoms with Crippen LogP contribution in [0, 0.1) is 0 Å². The third kappa shape index (κ3) is 4.66. The second-order valence-electron chi connectivity index (χ2n) is 6.12. The van der Waals surface area contributed by atoms with E-state index in [1.807, 2.05) is 12.1 Å². The van der Waals surface area contributed by atoms with Gasteiger partial charge in [-0.05, 0) is 42.8 Å². The summed E-state index contributed by atoms with van der Waals surface area (Å²) in [5.74, 6) is -0.158. The van der Waals surface area contributed by atoms with E-state index in [1.165, 1.54) is 0 Å². The van der Waals surface area contributed by atoms with Gasteiger partial charge < -0.3 is 9.64 Å². The van der Waals surface area contributed by atoms with Crippen molar-refractivity contribution in [3.8, 4) is 0 Å².